The molecular formula is C17H17N3O2S. The number of benzene rings is 1. The van der Waals surface area contributed by atoms with Crippen LogP contribution in [-0.2, 0) is 4.79 Å². The summed E-state index contributed by atoms with van der Waals surface area (Å²) in [5.41, 5.74) is 1.92. The topological polar surface area (TPSA) is 82.9 Å². The lowest BCUT2D eigenvalue weighted by atomic mass is 9.96. The molecule has 0 fully saturated rings. The molecule has 1 amide bonds. The molecule has 0 aliphatic heterocycles. The minimum absolute atomic E-state index is 0.339. The van der Waals surface area contributed by atoms with Gasteiger partial charge in [0.05, 0.1) is 16.8 Å². The normalized spacial score (nSPS) is 11.5. The lowest BCUT2D eigenvalue weighted by molar-refractivity contribution is -0.122. The van der Waals surface area contributed by atoms with Crippen molar-refractivity contribution in [3.8, 4) is 17.3 Å². The molecule has 1 atom stereocenters. The Balaban J connectivity index is 2.25. The molecule has 0 aliphatic rings. The largest absolute Gasteiger partial charge is 0.355 e. The van der Waals surface area contributed by atoms with E-state index in [1.807, 2.05) is 25.3 Å². The summed E-state index contributed by atoms with van der Waals surface area (Å²) in [6, 6.07) is 8.67. The maximum absolute atomic E-state index is 12.5. The first kappa shape index (κ1) is 16.8. The Labute approximate surface area is 139 Å². The number of nitrogens with one attached hydrogen (secondary N) is 1. The second-order valence-electron chi connectivity index (χ2n) is 5.05. The van der Waals surface area contributed by atoms with Crippen molar-refractivity contribution in [3.63, 3.8) is 0 Å². The first-order valence-electron chi connectivity index (χ1n) is 7.31. The van der Waals surface area contributed by atoms with Crippen LogP contribution in [0.25, 0.3) is 11.3 Å². The Morgan fingerprint density at radius 3 is 2.83 bits per heavy atom. The fourth-order valence-electron chi connectivity index (χ4n) is 2.08. The molecule has 23 heavy (non-hydrogen) atoms. The number of rotatable bonds is 6. The number of aromatic nitrogens is 1. The zero-order chi connectivity index (χ0) is 16.8. The predicted octanol–water partition coefficient (Wildman–Crippen LogP) is 2.97. The van der Waals surface area contributed by atoms with Crippen molar-refractivity contribution < 1.29 is 9.59 Å². The van der Waals surface area contributed by atoms with E-state index >= 15 is 0 Å². The highest BCUT2D eigenvalue weighted by Crippen LogP contribution is 2.23. The van der Waals surface area contributed by atoms with Gasteiger partial charge < -0.3 is 5.32 Å². The maximum Gasteiger partial charge on any atom is 0.245 e. The smallest absolute Gasteiger partial charge is 0.245 e. The fraction of sp³-hybridized carbons (Fsp3) is 0.294. The molecule has 2 aromatic rings. The summed E-state index contributed by atoms with van der Waals surface area (Å²) in [7, 11) is 0. The van der Waals surface area contributed by atoms with Gasteiger partial charge in [-0.05, 0) is 19.4 Å². The third-order valence-corrected chi connectivity index (χ3v) is 4.04. The van der Waals surface area contributed by atoms with Crippen LogP contribution in [0.2, 0.25) is 0 Å². The summed E-state index contributed by atoms with van der Waals surface area (Å²) >= 11 is 1.53. The molecule has 118 valence electrons. The van der Waals surface area contributed by atoms with Crippen LogP contribution in [0.5, 0.6) is 0 Å². The third-order valence-electron chi connectivity index (χ3n) is 3.26. The van der Waals surface area contributed by atoms with E-state index in [1.54, 1.807) is 24.3 Å². The summed E-state index contributed by atoms with van der Waals surface area (Å²) in [5.74, 6) is -2.36. The Hall–Kier alpha value is -2.52. The van der Waals surface area contributed by atoms with E-state index in [-0.39, 0.29) is 0 Å². The van der Waals surface area contributed by atoms with Gasteiger partial charge in [-0.25, -0.2) is 4.98 Å². The first-order chi connectivity index (χ1) is 11.1. The summed E-state index contributed by atoms with van der Waals surface area (Å²) in [6.07, 6.45) is 0.747. The fourth-order valence-corrected chi connectivity index (χ4v) is 2.70. The van der Waals surface area contributed by atoms with Crippen molar-refractivity contribution in [3.05, 3.63) is 40.2 Å². The number of carbonyl (C=O) groups excluding carboxylic acids is 2. The Kier molecular flexibility index (Phi) is 5.61. The van der Waals surface area contributed by atoms with Crippen LogP contribution >= 0.6 is 11.3 Å². The van der Waals surface area contributed by atoms with Gasteiger partial charge in [-0.2, -0.15) is 5.26 Å². The standard InChI is InChI=1S/C17H17N3O2S/c1-3-7-19-17(22)14(9-18)16(21)13-6-4-5-12(8-13)15-10-23-11(2)20-15/h4-6,8,10,14H,3,7H2,1-2H3,(H,19,22)/t14-/m1/s1. The van der Waals surface area contributed by atoms with Crippen molar-refractivity contribution in [2.75, 3.05) is 6.54 Å². The molecule has 0 spiro atoms. The molecule has 0 saturated heterocycles. The molecule has 5 nitrogen and oxygen atoms in total. The van der Waals surface area contributed by atoms with Gasteiger partial charge in [-0.1, -0.05) is 25.1 Å². The van der Waals surface area contributed by atoms with Crippen molar-refractivity contribution in [1.29, 1.82) is 5.26 Å². The van der Waals surface area contributed by atoms with E-state index in [4.69, 9.17) is 0 Å². The molecule has 6 heteroatoms. The molecule has 0 saturated carbocycles. The van der Waals surface area contributed by atoms with E-state index < -0.39 is 17.6 Å². The molecule has 0 radical (unpaired) electrons. The van der Waals surface area contributed by atoms with Crippen molar-refractivity contribution in [2.24, 2.45) is 5.92 Å². The van der Waals surface area contributed by atoms with Gasteiger partial charge in [-0.3, -0.25) is 9.59 Å². The summed E-state index contributed by atoms with van der Waals surface area (Å²) in [6.45, 7) is 4.26. The number of nitriles is 1. The van der Waals surface area contributed by atoms with Crippen LogP contribution in [0.3, 0.4) is 0 Å². The van der Waals surface area contributed by atoms with Crippen LogP contribution in [0.1, 0.15) is 28.7 Å². The highest BCUT2D eigenvalue weighted by molar-refractivity contribution is 7.09. The van der Waals surface area contributed by atoms with Gasteiger partial charge in [0, 0.05) is 23.1 Å². The minimum atomic E-state index is -1.33. The lowest BCUT2D eigenvalue weighted by Gasteiger charge is -2.09. The average Bonchev–Trinajstić information content (AvgIpc) is 3.00. The molecule has 2 rings (SSSR count). The maximum atomic E-state index is 12.5. The molecule has 1 heterocycles. The highest BCUT2D eigenvalue weighted by Gasteiger charge is 2.27. The van der Waals surface area contributed by atoms with Gasteiger partial charge in [0.15, 0.2) is 11.7 Å². The Morgan fingerprint density at radius 1 is 1.43 bits per heavy atom. The number of hydrogen-bond acceptors (Lipinski definition) is 5. The number of hydrogen-bond donors (Lipinski definition) is 1. The van der Waals surface area contributed by atoms with E-state index in [0.717, 1.165) is 22.7 Å². The third kappa shape index (κ3) is 4.02. The van der Waals surface area contributed by atoms with Crippen molar-refractivity contribution >= 4 is 23.0 Å². The quantitative estimate of drug-likeness (QED) is 0.653. The van der Waals surface area contributed by atoms with Crippen LogP contribution in [-0.4, -0.2) is 23.2 Å². The Bertz CT molecular complexity index is 761. The predicted molar refractivity (Wildman–Crippen MR) is 89.0 cm³/mol. The SMILES string of the molecule is CCCNC(=O)[C@H](C#N)C(=O)c1cccc(-c2csc(C)n2)c1. The van der Waals surface area contributed by atoms with Crippen molar-refractivity contribution in [1.82, 2.24) is 10.3 Å². The number of aryl methyl sites for hydroxylation is 1. The van der Waals surface area contributed by atoms with E-state index in [9.17, 15) is 14.9 Å². The van der Waals surface area contributed by atoms with E-state index in [1.165, 1.54) is 11.3 Å². The Morgan fingerprint density at radius 2 is 2.22 bits per heavy atom. The number of amides is 1. The number of nitrogens with zero attached hydrogens (tertiary/aromatic N) is 2. The van der Waals surface area contributed by atoms with E-state index in [2.05, 4.69) is 10.3 Å². The number of Topliss-reactive ketones (excluding diaryl/α,β-unsaturated/α-hetero) is 1. The summed E-state index contributed by atoms with van der Waals surface area (Å²) in [5, 5.41) is 14.6. The second-order valence-corrected chi connectivity index (χ2v) is 6.11. The van der Waals surface area contributed by atoms with Gasteiger partial charge in [0.2, 0.25) is 5.91 Å². The van der Waals surface area contributed by atoms with E-state index in [0.29, 0.717) is 12.1 Å². The molecule has 1 N–H and O–H groups in total. The van der Waals surface area contributed by atoms with Gasteiger partial charge in [0.1, 0.15) is 0 Å². The average molecular weight is 327 g/mol. The highest BCUT2D eigenvalue weighted by atomic mass is 32.1. The summed E-state index contributed by atoms with van der Waals surface area (Å²) in [4.78, 5) is 28.8. The molecule has 0 aliphatic carbocycles. The van der Waals surface area contributed by atoms with Gasteiger partial charge in [-0.15, -0.1) is 11.3 Å². The zero-order valence-electron chi connectivity index (χ0n) is 13.0. The molecular weight excluding hydrogens is 310 g/mol. The van der Waals surface area contributed by atoms with Gasteiger partial charge >= 0.3 is 0 Å². The number of thiazole rings is 1. The molecule has 1 aromatic heterocycles. The summed E-state index contributed by atoms with van der Waals surface area (Å²) < 4.78 is 0. The monoisotopic (exact) mass is 327 g/mol. The second kappa shape index (κ2) is 7.65. The molecule has 0 bridgehead atoms. The zero-order valence-corrected chi connectivity index (χ0v) is 13.8. The van der Waals surface area contributed by atoms with Crippen LogP contribution in [0, 0.1) is 24.2 Å². The van der Waals surface area contributed by atoms with Crippen LogP contribution < -0.4 is 5.32 Å². The number of carbonyl (C=O) groups is 2. The lowest BCUT2D eigenvalue weighted by Crippen LogP contribution is -2.35. The van der Waals surface area contributed by atoms with Crippen LogP contribution in [0.4, 0.5) is 0 Å². The van der Waals surface area contributed by atoms with Crippen molar-refractivity contribution in [2.45, 2.75) is 20.3 Å². The van der Waals surface area contributed by atoms with Crippen LogP contribution in [0.15, 0.2) is 29.6 Å². The molecule has 1 aromatic carbocycles. The number of ketones is 1. The molecule has 0 unspecified atom stereocenters. The van der Waals surface area contributed by atoms with Gasteiger partial charge in [0.25, 0.3) is 0 Å². The first-order valence-corrected chi connectivity index (χ1v) is 8.19. The minimum Gasteiger partial charge on any atom is -0.355 e.